The number of allylic oxidation sites excluding steroid dienone is 1. The van der Waals surface area contributed by atoms with Crippen LogP contribution in [-0.4, -0.2) is 17.5 Å². The molecule has 0 heterocycles. The summed E-state index contributed by atoms with van der Waals surface area (Å²) in [5.41, 5.74) is 0.714. The van der Waals surface area contributed by atoms with Crippen molar-refractivity contribution in [2.24, 2.45) is 5.16 Å². The molecule has 0 unspecified atom stereocenters. The van der Waals surface area contributed by atoms with Gasteiger partial charge in [-0.05, 0) is 42.8 Å². The van der Waals surface area contributed by atoms with Crippen LogP contribution in [0.5, 0.6) is 0 Å². The molecule has 25 heavy (non-hydrogen) atoms. The van der Waals surface area contributed by atoms with Crippen molar-refractivity contribution >= 4 is 29.2 Å². The maximum absolute atomic E-state index is 12.6. The molecule has 4 nitrogen and oxygen atoms in total. The van der Waals surface area contributed by atoms with Crippen LogP contribution < -0.4 is 0 Å². The van der Waals surface area contributed by atoms with E-state index < -0.39 is 5.97 Å². The van der Waals surface area contributed by atoms with Gasteiger partial charge in [-0.15, -0.1) is 6.58 Å². The van der Waals surface area contributed by atoms with Gasteiger partial charge in [-0.25, -0.2) is 4.79 Å². The Morgan fingerprint density at radius 2 is 1.72 bits per heavy atom. The summed E-state index contributed by atoms with van der Waals surface area (Å²) >= 11 is 1.62. The zero-order valence-electron chi connectivity index (χ0n) is 14.0. The monoisotopic (exact) mass is 353 g/mol. The minimum Gasteiger partial charge on any atom is -0.318 e. The van der Waals surface area contributed by atoms with E-state index in [1.807, 2.05) is 42.5 Å². The molecule has 128 valence electrons. The zero-order chi connectivity index (χ0) is 18.1. The molecule has 2 aromatic carbocycles. The molecule has 2 aromatic rings. The van der Waals surface area contributed by atoms with Crippen molar-refractivity contribution in [1.82, 2.24) is 0 Å². The van der Waals surface area contributed by atoms with Gasteiger partial charge in [-0.1, -0.05) is 41.2 Å². The van der Waals surface area contributed by atoms with Gasteiger partial charge >= 0.3 is 5.97 Å². The Labute approximate surface area is 151 Å². The van der Waals surface area contributed by atoms with Crippen molar-refractivity contribution in [3.63, 3.8) is 0 Å². The normalized spacial score (nSPS) is 11.0. The molecule has 0 saturated heterocycles. The van der Waals surface area contributed by atoms with Gasteiger partial charge in [0.2, 0.25) is 5.78 Å². The predicted octanol–water partition coefficient (Wildman–Crippen LogP) is 4.91. The lowest BCUT2D eigenvalue weighted by Gasteiger charge is -2.06. The van der Waals surface area contributed by atoms with Crippen molar-refractivity contribution in [1.29, 1.82) is 0 Å². The van der Waals surface area contributed by atoms with Crippen LogP contribution in [0.4, 0.5) is 0 Å². The Balaban J connectivity index is 2.12. The second kappa shape index (κ2) is 9.59. The number of oxime groups is 1. The van der Waals surface area contributed by atoms with Gasteiger partial charge in [-0.3, -0.25) is 4.79 Å². The molecule has 0 bridgehead atoms. The average Bonchev–Trinajstić information content (AvgIpc) is 2.62. The smallest absolute Gasteiger partial charge is 0.318 e. The van der Waals surface area contributed by atoms with Crippen molar-refractivity contribution in [3.8, 4) is 0 Å². The molecule has 0 amide bonds. The predicted molar refractivity (Wildman–Crippen MR) is 100.0 cm³/mol. The molecule has 5 heteroatoms. The van der Waals surface area contributed by atoms with E-state index in [4.69, 9.17) is 0 Å². The number of carbonyl (C=O) groups is 2. The fraction of sp³-hybridized carbons (Fsp3) is 0.150. The van der Waals surface area contributed by atoms with Crippen LogP contribution >= 0.6 is 11.8 Å². The van der Waals surface area contributed by atoms with Crippen molar-refractivity contribution in [2.75, 3.05) is 0 Å². The molecule has 0 spiro atoms. The molecule has 0 N–H and O–H groups in total. The summed E-state index contributed by atoms with van der Waals surface area (Å²) in [6.45, 7) is 4.88. The van der Waals surface area contributed by atoms with Crippen molar-refractivity contribution < 1.29 is 14.4 Å². The topological polar surface area (TPSA) is 55.7 Å². The SMILES string of the molecule is C=CCC/C(=N\OC(C)=O)C(=O)c1ccc(Sc2ccccc2)cc1. The first kappa shape index (κ1) is 18.7. The number of ketones is 1. The first-order chi connectivity index (χ1) is 12.1. The van der Waals surface area contributed by atoms with E-state index in [9.17, 15) is 9.59 Å². The van der Waals surface area contributed by atoms with Gasteiger partial charge < -0.3 is 4.84 Å². The van der Waals surface area contributed by atoms with Crippen LogP contribution in [0.15, 0.2) is 82.2 Å². The second-order valence-corrected chi connectivity index (χ2v) is 6.36. The van der Waals surface area contributed by atoms with E-state index in [2.05, 4.69) is 16.6 Å². The van der Waals surface area contributed by atoms with E-state index >= 15 is 0 Å². The Morgan fingerprint density at radius 3 is 2.32 bits per heavy atom. The Kier molecular flexibility index (Phi) is 7.16. The molecule has 0 atom stereocenters. The molecule has 0 radical (unpaired) electrons. The zero-order valence-corrected chi connectivity index (χ0v) is 14.8. The summed E-state index contributed by atoms with van der Waals surface area (Å²) in [5.74, 6) is -0.808. The summed E-state index contributed by atoms with van der Waals surface area (Å²) < 4.78 is 0. The minimum atomic E-state index is -0.557. The summed E-state index contributed by atoms with van der Waals surface area (Å²) in [6, 6.07) is 17.3. The molecule has 0 aliphatic rings. The van der Waals surface area contributed by atoms with E-state index in [-0.39, 0.29) is 11.5 Å². The van der Waals surface area contributed by atoms with Gasteiger partial charge in [-0.2, -0.15) is 0 Å². The van der Waals surface area contributed by atoms with E-state index in [0.717, 1.165) is 9.79 Å². The van der Waals surface area contributed by atoms with Crippen LogP contribution in [0.3, 0.4) is 0 Å². The van der Waals surface area contributed by atoms with Crippen LogP contribution in [0.1, 0.15) is 30.1 Å². The number of carbonyl (C=O) groups excluding carboxylic acids is 2. The third kappa shape index (κ3) is 6.04. The molecule has 0 aromatic heterocycles. The fourth-order valence-corrected chi connectivity index (χ4v) is 2.86. The first-order valence-electron chi connectivity index (χ1n) is 7.83. The quantitative estimate of drug-likeness (QED) is 0.222. The summed E-state index contributed by atoms with van der Waals surface area (Å²) in [5, 5.41) is 3.69. The average molecular weight is 353 g/mol. The Bertz CT molecular complexity index is 767. The largest absolute Gasteiger partial charge is 0.331 e. The van der Waals surface area contributed by atoms with Gasteiger partial charge in [0.05, 0.1) is 0 Å². The van der Waals surface area contributed by atoms with Crippen LogP contribution in [0.25, 0.3) is 0 Å². The number of hydrogen-bond donors (Lipinski definition) is 0. The van der Waals surface area contributed by atoms with Gasteiger partial charge in [0.1, 0.15) is 5.71 Å². The third-order valence-corrected chi connectivity index (χ3v) is 4.24. The number of hydrogen-bond acceptors (Lipinski definition) is 5. The molecule has 2 rings (SSSR count). The number of nitrogens with zero attached hydrogens (tertiary/aromatic N) is 1. The molecular weight excluding hydrogens is 334 g/mol. The molecule has 0 fully saturated rings. The molecule has 0 aliphatic heterocycles. The Morgan fingerprint density at radius 1 is 1.08 bits per heavy atom. The highest BCUT2D eigenvalue weighted by molar-refractivity contribution is 7.99. The van der Waals surface area contributed by atoms with E-state index in [1.165, 1.54) is 6.92 Å². The van der Waals surface area contributed by atoms with Gasteiger partial charge in [0.25, 0.3) is 0 Å². The van der Waals surface area contributed by atoms with Gasteiger partial charge in [0.15, 0.2) is 0 Å². The highest BCUT2D eigenvalue weighted by Crippen LogP contribution is 2.27. The lowest BCUT2D eigenvalue weighted by molar-refractivity contribution is -0.140. The van der Waals surface area contributed by atoms with Crippen molar-refractivity contribution in [2.45, 2.75) is 29.6 Å². The maximum atomic E-state index is 12.6. The molecular formula is C20H19NO3S. The van der Waals surface area contributed by atoms with E-state index in [0.29, 0.717) is 18.4 Å². The van der Waals surface area contributed by atoms with Crippen LogP contribution in [0.2, 0.25) is 0 Å². The fourth-order valence-electron chi connectivity index (χ4n) is 2.02. The lowest BCUT2D eigenvalue weighted by atomic mass is 10.0. The first-order valence-corrected chi connectivity index (χ1v) is 8.65. The van der Waals surface area contributed by atoms with E-state index in [1.54, 1.807) is 30.0 Å². The Hall–Kier alpha value is -2.66. The lowest BCUT2D eigenvalue weighted by Crippen LogP contribution is -2.15. The number of rotatable bonds is 8. The summed E-state index contributed by atoms with van der Waals surface area (Å²) in [6.07, 6.45) is 2.64. The second-order valence-electron chi connectivity index (χ2n) is 5.22. The maximum Gasteiger partial charge on any atom is 0.331 e. The summed E-state index contributed by atoms with van der Waals surface area (Å²) in [4.78, 5) is 30.3. The van der Waals surface area contributed by atoms with Crippen molar-refractivity contribution in [3.05, 3.63) is 72.8 Å². The standard InChI is InChI=1S/C20H19NO3S/c1-3-4-10-19(21-24-15(2)22)20(23)16-11-13-18(14-12-16)25-17-8-6-5-7-9-17/h3,5-9,11-14H,1,4,10H2,2H3/b21-19+. The number of Topliss-reactive ketones (excluding diaryl/α,β-unsaturated/α-hetero) is 1. The van der Waals surface area contributed by atoms with Gasteiger partial charge in [0, 0.05) is 28.7 Å². The summed E-state index contributed by atoms with van der Waals surface area (Å²) in [7, 11) is 0. The molecule has 0 saturated carbocycles. The highest BCUT2D eigenvalue weighted by Gasteiger charge is 2.15. The number of benzene rings is 2. The van der Waals surface area contributed by atoms with Crippen LogP contribution in [0, 0.1) is 0 Å². The van der Waals surface area contributed by atoms with Crippen LogP contribution in [-0.2, 0) is 9.63 Å². The minimum absolute atomic E-state index is 0.207. The highest BCUT2D eigenvalue weighted by atomic mass is 32.2. The third-order valence-electron chi connectivity index (χ3n) is 3.23. The molecule has 0 aliphatic carbocycles.